The summed E-state index contributed by atoms with van der Waals surface area (Å²) in [5.41, 5.74) is 2.09. The Bertz CT molecular complexity index is 452. The van der Waals surface area contributed by atoms with Gasteiger partial charge in [-0.25, -0.2) is 0 Å². The van der Waals surface area contributed by atoms with E-state index in [0.717, 1.165) is 17.7 Å². The molecule has 0 spiro atoms. The molecule has 2 N–H and O–H groups in total. The van der Waals surface area contributed by atoms with Crippen molar-refractivity contribution in [1.29, 1.82) is 0 Å². The zero-order chi connectivity index (χ0) is 12.4. The van der Waals surface area contributed by atoms with Crippen LogP contribution in [0.25, 0.3) is 0 Å². The van der Waals surface area contributed by atoms with Crippen molar-refractivity contribution in [3.05, 3.63) is 17.5 Å². The van der Waals surface area contributed by atoms with Gasteiger partial charge >= 0.3 is 0 Å². The van der Waals surface area contributed by atoms with Crippen molar-refractivity contribution in [3.8, 4) is 0 Å². The zero-order valence-electron chi connectivity index (χ0n) is 9.99. The summed E-state index contributed by atoms with van der Waals surface area (Å²) in [6.07, 6.45) is 3.01. The molecule has 1 saturated heterocycles. The first kappa shape index (κ1) is 11.8. The van der Waals surface area contributed by atoms with Gasteiger partial charge in [0.2, 0.25) is 11.8 Å². The Morgan fingerprint density at radius 3 is 2.94 bits per heavy atom. The lowest BCUT2D eigenvalue weighted by Gasteiger charge is -2.08. The average Bonchev–Trinajstić information content (AvgIpc) is 2.78. The third-order valence-electron chi connectivity index (χ3n) is 2.83. The van der Waals surface area contributed by atoms with E-state index < -0.39 is 6.04 Å². The second-order valence-electron chi connectivity index (χ2n) is 4.18. The molecule has 0 radical (unpaired) electrons. The van der Waals surface area contributed by atoms with Crippen molar-refractivity contribution >= 4 is 11.8 Å². The highest BCUT2D eigenvalue weighted by molar-refractivity contribution is 6.05. The fourth-order valence-corrected chi connectivity index (χ4v) is 1.98. The predicted molar refractivity (Wildman–Crippen MR) is 61.0 cm³/mol. The smallest absolute Gasteiger partial charge is 0.244 e. The fourth-order valence-electron chi connectivity index (χ4n) is 1.98. The number of carbonyl (C=O) groups is 2. The Morgan fingerprint density at radius 1 is 1.59 bits per heavy atom. The summed E-state index contributed by atoms with van der Waals surface area (Å²) in [6, 6.07) is -0.410. The van der Waals surface area contributed by atoms with Crippen LogP contribution in [0.1, 0.15) is 24.6 Å². The number of hydrogen-bond acceptors (Lipinski definition) is 4. The molecule has 1 aliphatic rings. The molecule has 1 atom stereocenters. The minimum Gasteiger partial charge on any atom is -0.301 e. The third-order valence-corrected chi connectivity index (χ3v) is 2.83. The fraction of sp³-hybridized carbons (Fsp3) is 0.545. The van der Waals surface area contributed by atoms with E-state index in [1.807, 2.05) is 20.2 Å². The number of aromatic nitrogens is 2. The summed E-state index contributed by atoms with van der Waals surface area (Å²) in [4.78, 5) is 22.4. The molecule has 1 aromatic rings. The quantitative estimate of drug-likeness (QED) is 0.690. The summed E-state index contributed by atoms with van der Waals surface area (Å²) < 4.78 is 1.76. The highest BCUT2D eigenvalue weighted by Gasteiger charge is 2.29. The number of hydrogen-bond donors (Lipinski definition) is 2. The maximum absolute atomic E-state index is 11.4. The number of amides is 2. The summed E-state index contributed by atoms with van der Waals surface area (Å²) >= 11 is 0. The molecular formula is C11H16N4O2. The maximum atomic E-state index is 11.4. The Hall–Kier alpha value is -1.69. The molecule has 0 aliphatic carbocycles. The van der Waals surface area contributed by atoms with E-state index in [0.29, 0.717) is 6.54 Å². The lowest BCUT2D eigenvalue weighted by molar-refractivity contribution is -0.125. The molecule has 0 saturated carbocycles. The van der Waals surface area contributed by atoms with Crippen LogP contribution in [-0.4, -0.2) is 27.6 Å². The van der Waals surface area contributed by atoms with Gasteiger partial charge < -0.3 is 5.32 Å². The molecule has 1 unspecified atom stereocenters. The topological polar surface area (TPSA) is 76.0 Å². The van der Waals surface area contributed by atoms with Crippen LogP contribution in [0, 0.1) is 0 Å². The van der Waals surface area contributed by atoms with Crippen molar-refractivity contribution in [2.24, 2.45) is 7.05 Å². The number of aryl methyl sites for hydroxylation is 2. The Balaban J connectivity index is 1.97. The normalized spacial score (nSPS) is 19.8. The first-order valence-electron chi connectivity index (χ1n) is 5.68. The van der Waals surface area contributed by atoms with E-state index in [4.69, 9.17) is 0 Å². The van der Waals surface area contributed by atoms with E-state index in [9.17, 15) is 9.59 Å². The highest BCUT2D eigenvalue weighted by Crippen LogP contribution is 2.09. The molecule has 1 aliphatic heterocycles. The average molecular weight is 236 g/mol. The lowest BCUT2D eigenvalue weighted by atomic mass is 10.2. The molecule has 0 bridgehead atoms. The molecule has 17 heavy (non-hydrogen) atoms. The van der Waals surface area contributed by atoms with Gasteiger partial charge in [-0.15, -0.1) is 0 Å². The van der Waals surface area contributed by atoms with Crippen LogP contribution in [0.15, 0.2) is 6.20 Å². The highest BCUT2D eigenvalue weighted by atomic mass is 16.2. The molecule has 2 amide bonds. The molecular weight excluding hydrogens is 220 g/mol. The Morgan fingerprint density at radius 2 is 2.35 bits per heavy atom. The first-order valence-corrected chi connectivity index (χ1v) is 5.68. The van der Waals surface area contributed by atoms with Crippen LogP contribution in [-0.2, 0) is 29.6 Å². The van der Waals surface area contributed by atoms with Crippen molar-refractivity contribution in [1.82, 2.24) is 20.4 Å². The number of nitrogens with one attached hydrogen (secondary N) is 2. The van der Waals surface area contributed by atoms with E-state index in [-0.39, 0.29) is 18.2 Å². The van der Waals surface area contributed by atoms with Crippen LogP contribution in [0.4, 0.5) is 0 Å². The van der Waals surface area contributed by atoms with Gasteiger partial charge in [-0.2, -0.15) is 5.10 Å². The van der Waals surface area contributed by atoms with Crippen LogP contribution in [0.5, 0.6) is 0 Å². The number of nitrogens with zero attached hydrogens (tertiary/aromatic N) is 2. The van der Waals surface area contributed by atoms with Gasteiger partial charge in [0.15, 0.2) is 0 Å². The SMILES string of the molecule is CCc1nn(C)cc1CNC1CC(=O)NC1=O. The van der Waals surface area contributed by atoms with Gasteiger partial charge in [0.05, 0.1) is 18.2 Å². The summed E-state index contributed by atoms with van der Waals surface area (Å²) in [7, 11) is 1.87. The molecule has 1 fully saturated rings. The van der Waals surface area contributed by atoms with Gasteiger partial charge in [-0.1, -0.05) is 6.92 Å². The minimum absolute atomic E-state index is 0.214. The summed E-state index contributed by atoms with van der Waals surface area (Å²) in [6.45, 7) is 2.60. The second kappa shape index (κ2) is 4.67. The van der Waals surface area contributed by atoms with Crippen molar-refractivity contribution < 1.29 is 9.59 Å². The first-order chi connectivity index (χ1) is 8.10. The largest absolute Gasteiger partial charge is 0.301 e. The van der Waals surface area contributed by atoms with Crippen LogP contribution < -0.4 is 10.6 Å². The Labute approximate surface area is 99.4 Å². The van der Waals surface area contributed by atoms with Crippen molar-refractivity contribution in [2.45, 2.75) is 32.4 Å². The van der Waals surface area contributed by atoms with Gasteiger partial charge in [0, 0.05) is 25.4 Å². The molecule has 92 valence electrons. The standard InChI is InChI=1S/C11H16N4O2/c1-3-8-7(6-15(2)14-8)5-12-9-4-10(16)13-11(9)17/h6,9,12H,3-5H2,1-2H3,(H,13,16,17). The Kier molecular flexibility index (Phi) is 3.23. The number of carbonyl (C=O) groups excluding carboxylic acids is 2. The van der Waals surface area contributed by atoms with E-state index >= 15 is 0 Å². The molecule has 2 heterocycles. The van der Waals surface area contributed by atoms with E-state index in [1.165, 1.54) is 0 Å². The monoisotopic (exact) mass is 236 g/mol. The molecule has 6 nitrogen and oxygen atoms in total. The zero-order valence-corrected chi connectivity index (χ0v) is 9.99. The van der Waals surface area contributed by atoms with Crippen LogP contribution in [0.2, 0.25) is 0 Å². The van der Waals surface area contributed by atoms with E-state index in [2.05, 4.69) is 15.7 Å². The maximum Gasteiger partial charge on any atom is 0.244 e. The van der Waals surface area contributed by atoms with Gasteiger partial charge in [0.25, 0.3) is 0 Å². The minimum atomic E-state index is -0.410. The third kappa shape index (κ3) is 2.52. The molecule has 1 aromatic heterocycles. The predicted octanol–water partition coefficient (Wildman–Crippen LogP) is -0.513. The van der Waals surface area contributed by atoms with Crippen LogP contribution in [0.3, 0.4) is 0 Å². The van der Waals surface area contributed by atoms with Crippen LogP contribution >= 0.6 is 0 Å². The summed E-state index contributed by atoms with van der Waals surface area (Å²) in [5, 5.41) is 9.67. The van der Waals surface area contributed by atoms with Gasteiger partial charge in [-0.05, 0) is 6.42 Å². The van der Waals surface area contributed by atoms with Crippen molar-refractivity contribution in [3.63, 3.8) is 0 Å². The summed E-state index contributed by atoms with van der Waals surface area (Å²) in [5.74, 6) is -0.452. The van der Waals surface area contributed by atoms with E-state index in [1.54, 1.807) is 4.68 Å². The van der Waals surface area contributed by atoms with Crippen molar-refractivity contribution in [2.75, 3.05) is 0 Å². The number of imide groups is 1. The molecule has 0 aromatic carbocycles. The molecule has 2 rings (SSSR count). The lowest BCUT2D eigenvalue weighted by Crippen LogP contribution is -2.35. The van der Waals surface area contributed by atoms with Gasteiger partial charge in [0.1, 0.15) is 0 Å². The second-order valence-corrected chi connectivity index (χ2v) is 4.18. The molecule has 6 heteroatoms. The number of rotatable bonds is 4. The van der Waals surface area contributed by atoms with Gasteiger partial charge in [-0.3, -0.25) is 19.6 Å².